The maximum atomic E-state index is 9.36. The fraction of sp³-hybridized carbons (Fsp3) is 0.412. The number of aryl methyl sites for hydroxylation is 1. The molecule has 134 valence electrons. The first-order valence-electron chi connectivity index (χ1n) is 7.36. The van der Waals surface area contributed by atoms with E-state index in [-0.39, 0.29) is 30.6 Å². The van der Waals surface area contributed by atoms with Crippen LogP contribution in [0.1, 0.15) is 12.6 Å². The van der Waals surface area contributed by atoms with Crippen molar-refractivity contribution in [3.63, 3.8) is 0 Å². The summed E-state index contributed by atoms with van der Waals surface area (Å²) in [5.74, 6) is 1.84. The smallest absolute Gasteiger partial charge is 0.217 e. The summed E-state index contributed by atoms with van der Waals surface area (Å²) in [5, 5.41) is 9.36. The van der Waals surface area contributed by atoms with Crippen molar-refractivity contribution in [3.8, 4) is 23.0 Å². The standard InChI is InChI=1S/C17H23N3O2.2ClH/c1-12(10-20(3)4)11-22-16-9-13(2)18-17(19-16)14-5-7-15(21)8-6-14;;/h5-9,12,21H,10-11H2,1-4H3;2*1H. The molecule has 1 aromatic heterocycles. The maximum absolute atomic E-state index is 9.36. The van der Waals surface area contributed by atoms with Crippen molar-refractivity contribution in [2.24, 2.45) is 5.92 Å². The molecule has 0 aliphatic rings. The Labute approximate surface area is 155 Å². The Balaban J connectivity index is 0.00000264. The number of phenols is 1. The summed E-state index contributed by atoms with van der Waals surface area (Å²) in [7, 11) is 4.10. The van der Waals surface area contributed by atoms with Gasteiger partial charge in [-0.15, -0.1) is 24.8 Å². The molecule has 1 aromatic carbocycles. The van der Waals surface area contributed by atoms with Gasteiger partial charge in [0.1, 0.15) is 5.75 Å². The summed E-state index contributed by atoms with van der Waals surface area (Å²) >= 11 is 0. The van der Waals surface area contributed by atoms with Crippen LogP contribution < -0.4 is 4.74 Å². The van der Waals surface area contributed by atoms with Crippen molar-refractivity contribution in [2.75, 3.05) is 27.2 Å². The largest absolute Gasteiger partial charge is 0.508 e. The first kappa shape index (κ1) is 22.4. The average Bonchev–Trinajstić information content (AvgIpc) is 2.44. The van der Waals surface area contributed by atoms with Crippen LogP contribution >= 0.6 is 24.8 Å². The number of aromatic nitrogens is 2. The molecule has 0 aliphatic heterocycles. The molecule has 1 N–H and O–H groups in total. The first-order chi connectivity index (χ1) is 10.4. The highest BCUT2D eigenvalue weighted by Gasteiger charge is 2.09. The molecule has 1 unspecified atom stereocenters. The van der Waals surface area contributed by atoms with Crippen molar-refractivity contribution in [1.29, 1.82) is 0 Å². The Morgan fingerprint density at radius 1 is 1.12 bits per heavy atom. The van der Waals surface area contributed by atoms with Crippen LogP contribution in [-0.4, -0.2) is 47.2 Å². The van der Waals surface area contributed by atoms with E-state index >= 15 is 0 Å². The number of rotatable bonds is 6. The third-order valence-electron chi connectivity index (χ3n) is 3.15. The maximum Gasteiger partial charge on any atom is 0.217 e. The molecule has 0 saturated carbocycles. The summed E-state index contributed by atoms with van der Waals surface area (Å²) in [6.07, 6.45) is 0. The van der Waals surface area contributed by atoms with Gasteiger partial charge in [0.15, 0.2) is 5.82 Å². The van der Waals surface area contributed by atoms with Crippen LogP contribution in [-0.2, 0) is 0 Å². The topological polar surface area (TPSA) is 58.5 Å². The highest BCUT2D eigenvalue weighted by molar-refractivity contribution is 5.85. The average molecular weight is 374 g/mol. The molecule has 0 aliphatic carbocycles. The van der Waals surface area contributed by atoms with Gasteiger partial charge in [0, 0.05) is 29.8 Å². The fourth-order valence-corrected chi connectivity index (χ4v) is 2.26. The Bertz CT molecular complexity index is 622. The Morgan fingerprint density at radius 3 is 2.33 bits per heavy atom. The van der Waals surface area contributed by atoms with Crippen LogP contribution in [0.2, 0.25) is 0 Å². The molecule has 0 amide bonds. The Morgan fingerprint density at radius 2 is 1.75 bits per heavy atom. The van der Waals surface area contributed by atoms with E-state index in [0.717, 1.165) is 17.8 Å². The van der Waals surface area contributed by atoms with E-state index in [1.54, 1.807) is 24.3 Å². The first-order valence-corrected chi connectivity index (χ1v) is 7.36. The highest BCUT2D eigenvalue weighted by atomic mass is 35.5. The van der Waals surface area contributed by atoms with Gasteiger partial charge in [0.25, 0.3) is 0 Å². The molecule has 7 heteroatoms. The number of benzene rings is 1. The minimum Gasteiger partial charge on any atom is -0.508 e. The van der Waals surface area contributed by atoms with Gasteiger partial charge in [-0.3, -0.25) is 0 Å². The Kier molecular flexibility index (Phi) is 9.66. The lowest BCUT2D eigenvalue weighted by molar-refractivity contribution is 0.216. The van der Waals surface area contributed by atoms with Crippen LogP contribution in [0.3, 0.4) is 0 Å². The number of phenolic OH excluding ortho intramolecular Hbond substituents is 1. The number of ether oxygens (including phenoxy) is 1. The van der Waals surface area contributed by atoms with Gasteiger partial charge >= 0.3 is 0 Å². The van der Waals surface area contributed by atoms with Crippen LogP contribution in [0.25, 0.3) is 11.4 Å². The summed E-state index contributed by atoms with van der Waals surface area (Å²) in [6.45, 7) is 5.65. The molecule has 0 spiro atoms. The van der Waals surface area contributed by atoms with E-state index in [1.807, 2.05) is 27.1 Å². The zero-order valence-corrected chi connectivity index (χ0v) is 16.0. The zero-order chi connectivity index (χ0) is 16.1. The zero-order valence-electron chi connectivity index (χ0n) is 14.4. The van der Waals surface area contributed by atoms with Crippen molar-refractivity contribution in [2.45, 2.75) is 13.8 Å². The number of nitrogens with zero attached hydrogens (tertiary/aromatic N) is 3. The molecule has 0 saturated heterocycles. The Hall–Kier alpha value is -1.56. The van der Waals surface area contributed by atoms with E-state index in [0.29, 0.717) is 24.2 Å². The number of hydrogen-bond acceptors (Lipinski definition) is 5. The molecule has 0 radical (unpaired) electrons. The van der Waals surface area contributed by atoms with E-state index in [9.17, 15) is 5.11 Å². The monoisotopic (exact) mass is 373 g/mol. The van der Waals surface area contributed by atoms with E-state index < -0.39 is 0 Å². The van der Waals surface area contributed by atoms with Crippen molar-refractivity contribution < 1.29 is 9.84 Å². The van der Waals surface area contributed by atoms with Crippen LogP contribution in [0.15, 0.2) is 30.3 Å². The van der Waals surface area contributed by atoms with Gasteiger partial charge in [-0.2, -0.15) is 4.98 Å². The van der Waals surface area contributed by atoms with Gasteiger partial charge in [0.05, 0.1) is 6.61 Å². The summed E-state index contributed by atoms with van der Waals surface area (Å²) in [6, 6.07) is 8.68. The number of halogens is 2. The van der Waals surface area contributed by atoms with Crippen LogP contribution in [0, 0.1) is 12.8 Å². The molecule has 0 bridgehead atoms. The fourth-order valence-electron chi connectivity index (χ4n) is 2.26. The van der Waals surface area contributed by atoms with Crippen LogP contribution in [0.5, 0.6) is 11.6 Å². The quantitative estimate of drug-likeness (QED) is 0.838. The van der Waals surface area contributed by atoms with Crippen molar-refractivity contribution >= 4 is 24.8 Å². The van der Waals surface area contributed by atoms with Gasteiger partial charge in [-0.1, -0.05) is 6.92 Å². The lowest BCUT2D eigenvalue weighted by atomic mass is 10.2. The predicted molar refractivity (Wildman–Crippen MR) is 102 cm³/mol. The molecule has 1 heterocycles. The van der Waals surface area contributed by atoms with Crippen molar-refractivity contribution in [3.05, 3.63) is 36.0 Å². The summed E-state index contributed by atoms with van der Waals surface area (Å²) in [4.78, 5) is 11.0. The highest BCUT2D eigenvalue weighted by Crippen LogP contribution is 2.21. The molecule has 1 atom stereocenters. The van der Waals surface area contributed by atoms with Gasteiger partial charge < -0.3 is 14.7 Å². The predicted octanol–water partition coefficient (Wildman–Crippen LogP) is 3.58. The number of hydrogen-bond donors (Lipinski definition) is 1. The second-order valence-corrected chi connectivity index (χ2v) is 5.90. The molecular weight excluding hydrogens is 349 g/mol. The third kappa shape index (κ3) is 6.91. The molecule has 24 heavy (non-hydrogen) atoms. The molecule has 0 fully saturated rings. The van der Waals surface area contributed by atoms with Gasteiger partial charge in [-0.25, -0.2) is 4.98 Å². The van der Waals surface area contributed by atoms with E-state index in [2.05, 4.69) is 21.8 Å². The SMILES string of the molecule is Cc1cc(OCC(C)CN(C)C)nc(-c2ccc(O)cc2)n1.Cl.Cl. The lowest BCUT2D eigenvalue weighted by Crippen LogP contribution is -2.24. The van der Waals surface area contributed by atoms with E-state index in [4.69, 9.17) is 4.74 Å². The minimum absolute atomic E-state index is 0. The van der Waals surface area contributed by atoms with Crippen LogP contribution in [0.4, 0.5) is 0 Å². The minimum atomic E-state index is 0. The van der Waals surface area contributed by atoms with Gasteiger partial charge in [-0.05, 0) is 45.3 Å². The third-order valence-corrected chi connectivity index (χ3v) is 3.15. The van der Waals surface area contributed by atoms with Crippen molar-refractivity contribution in [1.82, 2.24) is 14.9 Å². The summed E-state index contributed by atoms with van der Waals surface area (Å²) in [5.41, 5.74) is 1.71. The molecular formula is C17H25Cl2N3O2. The second kappa shape index (κ2) is 10.3. The molecule has 2 aromatic rings. The second-order valence-electron chi connectivity index (χ2n) is 5.90. The molecule has 2 rings (SSSR count). The van der Waals surface area contributed by atoms with E-state index in [1.165, 1.54) is 0 Å². The van der Waals surface area contributed by atoms with Gasteiger partial charge in [0.2, 0.25) is 5.88 Å². The number of aromatic hydroxyl groups is 1. The normalized spacial score (nSPS) is 11.4. The summed E-state index contributed by atoms with van der Waals surface area (Å²) < 4.78 is 5.81. The molecule has 5 nitrogen and oxygen atoms in total. The lowest BCUT2D eigenvalue weighted by Gasteiger charge is -2.17.